The predicted molar refractivity (Wildman–Crippen MR) is 186 cm³/mol. The molecule has 0 aromatic heterocycles. The van der Waals surface area contributed by atoms with Crippen LogP contribution in [-0.2, 0) is 47.4 Å². The van der Waals surface area contributed by atoms with Crippen LogP contribution in [0.5, 0.6) is 0 Å². The summed E-state index contributed by atoms with van der Waals surface area (Å²) in [5.41, 5.74) is 24.7. The maximum absolute atomic E-state index is 11.7. The molecule has 25 atom stereocenters. The molecular formula is C32H59N5O22. The Labute approximate surface area is 336 Å². The fourth-order valence-electron chi connectivity index (χ4n) is 7.62. The SMILES string of the molecule is CC(=O)N[C@@H]1C(O)O[C@@H](CO)C(OC2O[C@@H](CO)C(OC3O[C@@H](CO)C(OC4O[C@H](CO)C(OC5O[C@H](CO)C(O)[C@@H](O)[C@H]5N)[C@@H](O)[C@H]4N)[C@H](O)[C@@H]3N)[C@H](O)[C@@H]2N)[C@@H]1O. The van der Waals surface area contributed by atoms with Crippen molar-refractivity contribution in [2.45, 2.75) is 160 Å². The van der Waals surface area contributed by atoms with E-state index in [2.05, 4.69) is 5.32 Å². The van der Waals surface area contributed by atoms with Crippen LogP contribution < -0.4 is 28.3 Å². The molecular weight excluding hydrogens is 806 g/mol. The van der Waals surface area contributed by atoms with Gasteiger partial charge in [0, 0.05) is 6.92 Å². The summed E-state index contributed by atoms with van der Waals surface area (Å²) in [6.45, 7) is -2.86. The molecule has 0 radical (unpaired) electrons. The maximum atomic E-state index is 11.7. The minimum absolute atomic E-state index is 0.631. The number of carbonyl (C=O) groups excluding carboxylic acids is 1. The molecule has 0 aromatic carbocycles. The number of nitrogens with one attached hydrogen (secondary N) is 1. The molecule has 5 aliphatic rings. The van der Waals surface area contributed by atoms with Gasteiger partial charge in [0.1, 0.15) is 97.6 Å². The fraction of sp³-hybridized carbons (Fsp3) is 0.969. The normalized spacial score (nSPS) is 51.0. The Kier molecular flexibility index (Phi) is 17.1. The third kappa shape index (κ3) is 10.2. The van der Waals surface area contributed by atoms with Crippen molar-refractivity contribution in [3.63, 3.8) is 0 Å². The van der Waals surface area contributed by atoms with Crippen molar-refractivity contribution in [1.29, 1.82) is 0 Å². The van der Waals surface area contributed by atoms with Crippen LogP contribution in [0.4, 0.5) is 0 Å². The van der Waals surface area contributed by atoms with Crippen molar-refractivity contribution in [2.24, 2.45) is 22.9 Å². The van der Waals surface area contributed by atoms with Crippen molar-refractivity contribution in [3.05, 3.63) is 0 Å². The van der Waals surface area contributed by atoms with Crippen LogP contribution in [0.3, 0.4) is 0 Å². The highest BCUT2D eigenvalue weighted by atomic mass is 16.8. The molecule has 21 N–H and O–H groups in total. The summed E-state index contributed by atoms with van der Waals surface area (Å²) in [7, 11) is 0. The summed E-state index contributed by atoms with van der Waals surface area (Å²) in [5.74, 6) is -0.631. The third-order valence-corrected chi connectivity index (χ3v) is 11.0. The Hall–Kier alpha value is -1.53. The lowest BCUT2D eigenvalue weighted by Gasteiger charge is -2.50. The largest absolute Gasteiger partial charge is 0.394 e. The highest BCUT2D eigenvalue weighted by molar-refractivity contribution is 5.73. The van der Waals surface area contributed by atoms with E-state index in [0.29, 0.717) is 0 Å². The van der Waals surface area contributed by atoms with Gasteiger partial charge in [0.05, 0.1) is 57.2 Å². The first-order valence-electron chi connectivity index (χ1n) is 18.9. The maximum Gasteiger partial charge on any atom is 0.217 e. The van der Waals surface area contributed by atoms with Crippen LogP contribution in [0.2, 0.25) is 0 Å². The van der Waals surface area contributed by atoms with E-state index in [1.54, 1.807) is 0 Å². The van der Waals surface area contributed by atoms with Gasteiger partial charge < -0.3 is 132 Å². The summed E-state index contributed by atoms with van der Waals surface area (Å²) in [5, 5.41) is 128. The number of ether oxygens (including phenoxy) is 9. The van der Waals surface area contributed by atoms with Crippen molar-refractivity contribution < 1.29 is 109 Å². The van der Waals surface area contributed by atoms with Crippen LogP contribution in [-0.4, -0.2) is 253 Å². The molecule has 1 amide bonds. The van der Waals surface area contributed by atoms with E-state index in [0.717, 1.165) is 6.92 Å². The molecule has 344 valence electrons. The number of hydrogen-bond donors (Lipinski definition) is 17. The zero-order valence-corrected chi connectivity index (χ0v) is 31.7. The van der Waals surface area contributed by atoms with Gasteiger partial charge in [-0.15, -0.1) is 0 Å². The number of aliphatic hydroxyl groups is 12. The van der Waals surface area contributed by atoms with Gasteiger partial charge in [0.15, 0.2) is 31.5 Å². The molecule has 5 fully saturated rings. The monoisotopic (exact) mass is 865 g/mol. The van der Waals surface area contributed by atoms with Gasteiger partial charge in [0.2, 0.25) is 5.91 Å². The first-order chi connectivity index (χ1) is 27.9. The molecule has 5 rings (SSSR count). The Morgan fingerprint density at radius 3 is 1.07 bits per heavy atom. The van der Waals surface area contributed by atoms with Crippen LogP contribution in [0, 0.1) is 0 Å². The number of amides is 1. The standard InChI is InChI=1S/C32H59N5O22/c1-7(43)37-17-23(49)27(9(3-39)51-28(17)50)59-32-16(36)22(48)26(12(6-42)55-32)58-31-15(35)21(47)25(11(5-41)54-31)57-30-14(34)20(46)24(10(4-40)53-30)56-29-13(33)19(45)18(44)8(2-38)52-29/h8-32,38-42,44-50H,2-6,33-36H2,1H3,(H,37,43)/t8-,9+,10-,11+,12+,13-,14-,15+,16+,17+,18?,19+,20+,21-,22-,23-,24?,25?,26?,27?,28?,29?,30?,31?,32?/m1/s1. The van der Waals surface area contributed by atoms with E-state index in [4.69, 9.17) is 65.6 Å². The Bertz CT molecular complexity index is 1330. The average molecular weight is 866 g/mol. The van der Waals surface area contributed by atoms with Crippen LogP contribution in [0.1, 0.15) is 6.92 Å². The molecule has 0 bridgehead atoms. The van der Waals surface area contributed by atoms with Gasteiger partial charge in [-0.2, -0.15) is 0 Å². The quantitative estimate of drug-likeness (QED) is 0.0771. The third-order valence-electron chi connectivity index (χ3n) is 11.0. The predicted octanol–water partition coefficient (Wildman–Crippen LogP) is -11.9. The van der Waals surface area contributed by atoms with Gasteiger partial charge in [-0.05, 0) is 0 Å². The highest BCUT2D eigenvalue weighted by Gasteiger charge is 2.55. The molecule has 10 unspecified atom stereocenters. The Balaban J connectivity index is 1.23. The van der Waals surface area contributed by atoms with Crippen molar-refractivity contribution >= 4 is 5.91 Å². The van der Waals surface area contributed by atoms with E-state index in [1.807, 2.05) is 0 Å². The molecule has 0 aliphatic carbocycles. The fourth-order valence-corrected chi connectivity index (χ4v) is 7.62. The van der Waals surface area contributed by atoms with Crippen LogP contribution in [0.25, 0.3) is 0 Å². The lowest BCUT2D eigenvalue weighted by atomic mass is 9.93. The van der Waals surface area contributed by atoms with E-state index in [9.17, 15) is 66.1 Å². The summed E-state index contributed by atoms with van der Waals surface area (Å²) >= 11 is 0. The van der Waals surface area contributed by atoms with Gasteiger partial charge in [-0.3, -0.25) is 4.79 Å². The number of rotatable bonds is 14. The molecule has 27 nitrogen and oxygen atoms in total. The number of hydrogen-bond acceptors (Lipinski definition) is 26. The molecule has 27 heteroatoms. The number of nitrogens with two attached hydrogens (primary N) is 4. The summed E-state index contributed by atoms with van der Waals surface area (Å²) < 4.78 is 51.4. The molecule has 0 saturated carbocycles. The summed E-state index contributed by atoms with van der Waals surface area (Å²) in [4.78, 5) is 11.7. The lowest BCUT2D eigenvalue weighted by Crippen LogP contribution is -2.71. The van der Waals surface area contributed by atoms with Gasteiger partial charge in [0.25, 0.3) is 0 Å². The minimum Gasteiger partial charge on any atom is -0.394 e. The van der Waals surface area contributed by atoms with E-state index in [1.165, 1.54) is 0 Å². The van der Waals surface area contributed by atoms with Gasteiger partial charge >= 0.3 is 0 Å². The highest BCUT2D eigenvalue weighted by Crippen LogP contribution is 2.34. The molecule has 5 heterocycles. The van der Waals surface area contributed by atoms with Gasteiger partial charge in [-0.1, -0.05) is 0 Å². The molecule has 5 saturated heterocycles. The Morgan fingerprint density at radius 1 is 0.458 bits per heavy atom. The second-order valence-corrected chi connectivity index (χ2v) is 15.0. The average Bonchev–Trinajstić information content (AvgIpc) is 3.21. The second kappa shape index (κ2) is 20.8. The topological polar surface area (TPSA) is 459 Å². The summed E-state index contributed by atoms with van der Waals surface area (Å²) in [6, 6.07) is -7.30. The zero-order valence-electron chi connectivity index (χ0n) is 31.7. The number of carbonyl (C=O) groups is 1. The first kappa shape index (κ1) is 48.5. The molecule has 0 spiro atoms. The van der Waals surface area contributed by atoms with Crippen molar-refractivity contribution in [1.82, 2.24) is 5.32 Å². The zero-order chi connectivity index (χ0) is 43.6. The second-order valence-electron chi connectivity index (χ2n) is 15.0. The van der Waals surface area contributed by atoms with Crippen LogP contribution in [0.15, 0.2) is 0 Å². The molecule has 0 aromatic rings. The van der Waals surface area contributed by atoms with Crippen molar-refractivity contribution in [2.75, 3.05) is 33.0 Å². The minimum atomic E-state index is -1.76. The van der Waals surface area contributed by atoms with E-state index >= 15 is 0 Å². The smallest absolute Gasteiger partial charge is 0.217 e. The van der Waals surface area contributed by atoms with Gasteiger partial charge in [-0.25, -0.2) is 0 Å². The first-order valence-corrected chi connectivity index (χ1v) is 18.9. The van der Waals surface area contributed by atoms with E-state index < -0.39 is 192 Å². The van der Waals surface area contributed by atoms with E-state index in [-0.39, 0.29) is 0 Å². The Morgan fingerprint density at radius 2 is 0.746 bits per heavy atom. The molecule has 5 aliphatic heterocycles. The van der Waals surface area contributed by atoms with Crippen LogP contribution >= 0.6 is 0 Å². The summed E-state index contributed by atoms with van der Waals surface area (Å²) in [6.07, 6.45) is -31.2. The number of aliphatic hydroxyl groups excluding tert-OH is 12. The lowest BCUT2D eigenvalue weighted by molar-refractivity contribution is -0.364. The van der Waals surface area contributed by atoms with Crippen molar-refractivity contribution in [3.8, 4) is 0 Å². The molecule has 59 heavy (non-hydrogen) atoms.